The highest BCUT2D eigenvalue weighted by atomic mass is 35.5. The Hall–Kier alpha value is -2.68. The second kappa shape index (κ2) is 8.25. The van der Waals surface area contributed by atoms with Gasteiger partial charge in [-0.3, -0.25) is 4.79 Å². The summed E-state index contributed by atoms with van der Waals surface area (Å²) in [7, 11) is 1.57. The molecule has 2 aromatic rings. The van der Waals surface area contributed by atoms with Crippen LogP contribution in [0.15, 0.2) is 54.2 Å². The van der Waals surface area contributed by atoms with E-state index in [9.17, 15) is 4.79 Å². The zero-order valence-corrected chi connectivity index (χ0v) is 14.2. The molecule has 0 fully saturated rings. The lowest BCUT2D eigenvalue weighted by Crippen LogP contribution is -2.14. The molecule has 2 N–H and O–H groups in total. The van der Waals surface area contributed by atoms with E-state index in [0.29, 0.717) is 27.2 Å². The second-order valence-corrected chi connectivity index (χ2v) is 5.44. The quantitative estimate of drug-likeness (QED) is 0.608. The Morgan fingerprint density at radius 1 is 1.12 bits per heavy atom. The van der Waals surface area contributed by atoms with Gasteiger partial charge in [-0.1, -0.05) is 23.2 Å². The Kier molecular flexibility index (Phi) is 6.07. The number of nitriles is 1. The van der Waals surface area contributed by atoms with Gasteiger partial charge in [-0.25, -0.2) is 0 Å². The first kappa shape index (κ1) is 17.7. The van der Waals surface area contributed by atoms with Crippen LogP contribution in [0.5, 0.6) is 5.75 Å². The zero-order chi connectivity index (χ0) is 17.5. The SMILES string of the molecule is COc1ccc(N/C=C(/C#N)C(=O)Nc2ccc(Cl)c(Cl)c2)cc1. The van der Waals surface area contributed by atoms with Gasteiger partial charge in [0, 0.05) is 17.6 Å². The number of anilines is 2. The van der Waals surface area contributed by atoms with Crippen molar-refractivity contribution in [3.63, 3.8) is 0 Å². The van der Waals surface area contributed by atoms with Crippen LogP contribution in [-0.4, -0.2) is 13.0 Å². The summed E-state index contributed by atoms with van der Waals surface area (Å²) in [5.74, 6) is 0.152. The molecule has 2 aromatic carbocycles. The Balaban J connectivity index is 2.07. The van der Waals surface area contributed by atoms with E-state index in [1.165, 1.54) is 12.3 Å². The average Bonchev–Trinajstić information content (AvgIpc) is 2.59. The van der Waals surface area contributed by atoms with E-state index >= 15 is 0 Å². The minimum atomic E-state index is -0.558. The topological polar surface area (TPSA) is 74.1 Å². The maximum atomic E-state index is 12.1. The lowest BCUT2D eigenvalue weighted by molar-refractivity contribution is -0.112. The van der Waals surface area contributed by atoms with Crippen LogP contribution in [0.3, 0.4) is 0 Å². The standard InChI is InChI=1S/C17H13Cl2N3O2/c1-24-14-5-2-12(3-6-14)21-10-11(9-20)17(23)22-13-4-7-15(18)16(19)8-13/h2-8,10,21H,1H3,(H,22,23)/b11-10-. The van der Waals surface area contributed by atoms with Gasteiger partial charge in [0.05, 0.1) is 17.2 Å². The summed E-state index contributed by atoms with van der Waals surface area (Å²) < 4.78 is 5.06. The first-order valence-electron chi connectivity index (χ1n) is 6.80. The molecule has 24 heavy (non-hydrogen) atoms. The molecule has 0 heterocycles. The Morgan fingerprint density at radius 3 is 2.38 bits per heavy atom. The van der Waals surface area contributed by atoms with Gasteiger partial charge in [-0.15, -0.1) is 0 Å². The van der Waals surface area contributed by atoms with Crippen molar-refractivity contribution in [2.45, 2.75) is 0 Å². The second-order valence-electron chi connectivity index (χ2n) is 4.63. The number of rotatable bonds is 5. The first-order valence-corrected chi connectivity index (χ1v) is 7.56. The van der Waals surface area contributed by atoms with E-state index in [1.807, 2.05) is 6.07 Å². The molecule has 0 saturated carbocycles. The number of carbonyl (C=O) groups is 1. The molecule has 0 aliphatic carbocycles. The number of hydrogen-bond donors (Lipinski definition) is 2. The number of benzene rings is 2. The summed E-state index contributed by atoms with van der Waals surface area (Å²) in [6, 6.07) is 13.6. The maximum Gasteiger partial charge on any atom is 0.267 e. The minimum absolute atomic E-state index is 0.0862. The summed E-state index contributed by atoms with van der Waals surface area (Å²) in [6.07, 6.45) is 1.33. The first-order chi connectivity index (χ1) is 11.5. The molecular weight excluding hydrogens is 349 g/mol. The summed E-state index contributed by atoms with van der Waals surface area (Å²) in [5.41, 5.74) is 1.07. The summed E-state index contributed by atoms with van der Waals surface area (Å²) in [5, 5.41) is 15.3. The number of nitrogens with one attached hydrogen (secondary N) is 2. The molecule has 0 aromatic heterocycles. The number of carbonyl (C=O) groups excluding carboxylic acids is 1. The number of nitrogens with zero attached hydrogens (tertiary/aromatic N) is 1. The van der Waals surface area contributed by atoms with Crippen molar-refractivity contribution in [1.82, 2.24) is 0 Å². The van der Waals surface area contributed by atoms with E-state index in [-0.39, 0.29) is 5.57 Å². The predicted octanol–water partition coefficient (Wildman–Crippen LogP) is 4.46. The van der Waals surface area contributed by atoms with Gasteiger partial charge in [0.25, 0.3) is 5.91 Å². The molecule has 0 bridgehead atoms. The molecule has 122 valence electrons. The fraction of sp³-hybridized carbons (Fsp3) is 0.0588. The monoisotopic (exact) mass is 361 g/mol. The van der Waals surface area contributed by atoms with Gasteiger partial charge in [0.15, 0.2) is 0 Å². The summed E-state index contributed by atoms with van der Waals surface area (Å²) in [4.78, 5) is 12.1. The van der Waals surface area contributed by atoms with Crippen LogP contribution in [0.4, 0.5) is 11.4 Å². The molecule has 0 unspecified atom stereocenters. The number of amides is 1. The Bertz CT molecular complexity index is 812. The highest BCUT2D eigenvalue weighted by Gasteiger charge is 2.10. The molecule has 1 amide bonds. The number of hydrogen-bond acceptors (Lipinski definition) is 4. The van der Waals surface area contributed by atoms with Gasteiger partial charge < -0.3 is 15.4 Å². The van der Waals surface area contributed by atoms with Gasteiger partial charge in [0.1, 0.15) is 17.4 Å². The zero-order valence-electron chi connectivity index (χ0n) is 12.6. The van der Waals surface area contributed by atoms with Crippen LogP contribution in [0.1, 0.15) is 0 Å². The van der Waals surface area contributed by atoms with Crippen molar-refractivity contribution in [1.29, 1.82) is 5.26 Å². The number of ether oxygens (including phenoxy) is 1. The van der Waals surface area contributed by atoms with E-state index in [4.69, 9.17) is 33.2 Å². The van der Waals surface area contributed by atoms with Crippen LogP contribution >= 0.6 is 23.2 Å². The van der Waals surface area contributed by atoms with Crippen LogP contribution in [0, 0.1) is 11.3 Å². The molecule has 0 spiro atoms. The van der Waals surface area contributed by atoms with Crippen molar-refractivity contribution in [2.75, 3.05) is 17.7 Å². The maximum absolute atomic E-state index is 12.1. The largest absolute Gasteiger partial charge is 0.497 e. The third kappa shape index (κ3) is 4.66. The van der Waals surface area contributed by atoms with E-state index in [1.54, 1.807) is 43.5 Å². The molecule has 0 atom stereocenters. The van der Waals surface area contributed by atoms with Gasteiger partial charge in [-0.05, 0) is 42.5 Å². The van der Waals surface area contributed by atoms with Crippen LogP contribution in [0.2, 0.25) is 10.0 Å². The smallest absolute Gasteiger partial charge is 0.267 e. The van der Waals surface area contributed by atoms with Crippen molar-refractivity contribution in [3.05, 3.63) is 64.3 Å². The van der Waals surface area contributed by atoms with Crippen molar-refractivity contribution >= 4 is 40.5 Å². The number of halogens is 2. The normalized spacial score (nSPS) is 10.7. The van der Waals surface area contributed by atoms with Crippen molar-refractivity contribution < 1.29 is 9.53 Å². The summed E-state index contributed by atoms with van der Waals surface area (Å²) >= 11 is 11.7. The Morgan fingerprint density at radius 2 is 1.79 bits per heavy atom. The lowest BCUT2D eigenvalue weighted by Gasteiger charge is -2.07. The summed E-state index contributed by atoms with van der Waals surface area (Å²) in [6.45, 7) is 0. The molecule has 5 nitrogen and oxygen atoms in total. The fourth-order valence-electron chi connectivity index (χ4n) is 1.76. The van der Waals surface area contributed by atoms with Crippen LogP contribution < -0.4 is 15.4 Å². The van der Waals surface area contributed by atoms with Gasteiger partial charge >= 0.3 is 0 Å². The minimum Gasteiger partial charge on any atom is -0.497 e. The van der Waals surface area contributed by atoms with E-state index < -0.39 is 5.91 Å². The molecule has 0 radical (unpaired) electrons. The lowest BCUT2D eigenvalue weighted by atomic mass is 10.2. The van der Waals surface area contributed by atoms with Crippen LogP contribution in [0.25, 0.3) is 0 Å². The molecule has 7 heteroatoms. The third-order valence-corrected chi connectivity index (χ3v) is 3.75. The molecule has 0 aliphatic heterocycles. The predicted molar refractivity (Wildman–Crippen MR) is 95.4 cm³/mol. The van der Waals surface area contributed by atoms with Gasteiger partial charge in [-0.2, -0.15) is 5.26 Å². The molecule has 0 saturated heterocycles. The molecule has 2 rings (SSSR count). The third-order valence-electron chi connectivity index (χ3n) is 3.02. The van der Waals surface area contributed by atoms with Crippen molar-refractivity contribution in [3.8, 4) is 11.8 Å². The average molecular weight is 362 g/mol. The van der Waals surface area contributed by atoms with Crippen molar-refractivity contribution in [2.24, 2.45) is 0 Å². The highest BCUT2D eigenvalue weighted by Crippen LogP contribution is 2.25. The van der Waals surface area contributed by atoms with Gasteiger partial charge in [0.2, 0.25) is 0 Å². The Labute approximate surface area is 149 Å². The number of methoxy groups -OCH3 is 1. The molecule has 0 aliphatic rings. The van der Waals surface area contributed by atoms with Crippen LogP contribution in [-0.2, 0) is 4.79 Å². The van der Waals surface area contributed by atoms with E-state index in [2.05, 4.69) is 10.6 Å². The molecular formula is C17H13Cl2N3O2. The fourth-order valence-corrected chi connectivity index (χ4v) is 2.06. The highest BCUT2D eigenvalue weighted by molar-refractivity contribution is 6.42. The van der Waals surface area contributed by atoms with E-state index in [0.717, 1.165) is 0 Å².